The summed E-state index contributed by atoms with van der Waals surface area (Å²) in [6.07, 6.45) is 4.18. The first kappa shape index (κ1) is 13.8. The van der Waals surface area contributed by atoms with E-state index in [1.54, 1.807) is 0 Å². The zero-order valence-corrected chi connectivity index (χ0v) is 11.8. The predicted molar refractivity (Wildman–Crippen MR) is 73.2 cm³/mol. The van der Waals surface area contributed by atoms with E-state index in [2.05, 4.69) is 23.6 Å². The van der Waals surface area contributed by atoms with Gasteiger partial charge in [0.25, 0.3) is 0 Å². The zero-order chi connectivity index (χ0) is 13.1. The number of fused-ring (bicyclic) bond motifs is 1. The summed E-state index contributed by atoms with van der Waals surface area (Å²) in [5.74, 6) is 0.664. The molecule has 0 spiro atoms. The zero-order valence-electron chi connectivity index (χ0n) is 11.8. The monoisotopic (exact) mass is 253 g/mol. The van der Waals surface area contributed by atoms with Crippen molar-refractivity contribution in [3.05, 3.63) is 0 Å². The van der Waals surface area contributed by atoms with E-state index in [0.717, 1.165) is 19.5 Å². The van der Waals surface area contributed by atoms with Crippen LogP contribution in [-0.4, -0.2) is 54.0 Å². The Morgan fingerprint density at radius 3 is 2.89 bits per heavy atom. The smallest absolute Gasteiger partial charge is 0.223 e. The number of amides is 1. The van der Waals surface area contributed by atoms with Gasteiger partial charge in [-0.3, -0.25) is 9.69 Å². The van der Waals surface area contributed by atoms with Gasteiger partial charge in [0.1, 0.15) is 0 Å². The first-order valence-corrected chi connectivity index (χ1v) is 7.39. The second-order valence-corrected chi connectivity index (χ2v) is 5.90. The van der Waals surface area contributed by atoms with Crippen molar-refractivity contribution in [2.24, 2.45) is 11.7 Å². The molecule has 4 nitrogen and oxygen atoms in total. The van der Waals surface area contributed by atoms with Crippen LogP contribution in [0, 0.1) is 5.92 Å². The van der Waals surface area contributed by atoms with Gasteiger partial charge in [0.2, 0.25) is 5.91 Å². The van der Waals surface area contributed by atoms with Crippen molar-refractivity contribution in [1.82, 2.24) is 9.80 Å². The molecule has 2 rings (SSSR count). The Morgan fingerprint density at radius 1 is 1.44 bits per heavy atom. The van der Waals surface area contributed by atoms with Crippen molar-refractivity contribution in [3.8, 4) is 0 Å². The van der Waals surface area contributed by atoms with Crippen molar-refractivity contribution >= 4 is 5.91 Å². The normalized spacial score (nSPS) is 30.3. The third-order valence-corrected chi connectivity index (χ3v) is 4.63. The van der Waals surface area contributed by atoms with Gasteiger partial charge in [-0.2, -0.15) is 0 Å². The minimum absolute atomic E-state index is 0.311. The second-order valence-electron chi connectivity index (χ2n) is 5.90. The van der Waals surface area contributed by atoms with Gasteiger partial charge in [-0.15, -0.1) is 0 Å². The van der Waals surface area contributed by atoms with E-state index in [1.165, 1.54) is 19.4 Å². The van der Waals surface area contributed by atoms with Gasteiger partial charge in [0.15, 0.2) is 0 Å². The van der Waals surface area contributed by atoms with Gasteiger partial charge in [0, 0.05) is 31.6 Å². The lowest BCUT2D eigenvalue weighted by molar-refractivity contribution is -0.137. The van der Waals surface area contributed by atoms with Gasteiger partial charge in [0.05, 0.1) is 0 Å². The van der Waals surface area contributed by atoms with E-state index >= 15 is 0 Å². The third kappa shape index (κ3) is 2.86. The van der Waals surface area contributed by atoms with Gasteiger partial charge in [-0.1, -0.05) is 13.3 Å². The van der Waals surface area contributed by atoms with Crippen LogP contribution < -0.4 is 5.73 Å². The molecule has 1 amide bonds. The van der Waals surface area contributed by atoms with Crippen LogP contribution in [0.5, 0.6) is 0 Å². The summed E-state index contributed by atoms with van der Waals surface area (Å²) < 4.78 is 0. The molecule has 0 aromatic rings. The summed E-state index contributed by atoms with van der Waals surface area (Å²) in [7, 11) is 0. The van der Waals surface area contributed by atoms with E-state index in [9.17, 15) is 4.79 Å². The molecule has 0 aromatic carbocycles. The number of rotatable bonds is 4. The van der Waals surface area contributed by atoms with Crippen LogP contribution in [0.15, 0.2) is 0 Å². The van der Waals surface area contributed by atoms with Crippen molar-refractivity contribution in [2.75, 3.05) is 26.2 Å². The standard InChI is InChI=1S/C14H27N3O/c1-3-12(8-15)7-14(18)17-10-13-5-4-6-16(13)9-11(17)2/h11-13H,3-10,15H2,1-2H3. The molecule has 0 aromatic heterocycles. The summed E-state index contributed by atoms with van der Waals surface area (Å²) in [4.78, 5) is 17.0. The molecular weight excluding hydrogens is 226 g/mol. The van der Waals surface area contributed by atoms with Crippen LogP contribution in [0.3, 0.4) is 0 Å². The van der Waals surface area contributed by atoms with E-state index in [1.807, 2.05) is 0 Å². The highest BCUT2D eigenvalue weighted by Gasteiger charge is 2.36. The second kappa shape index (κ2) is 6.02. The molecule has 2 N–H and O–H groups in total. The minimum Gasteiger partial charge on any atom is -0.337 e. The Labute approximate surface area is 110 Å². The fraction of sp³-hybridized carbons (Fsp3) is 0.929. The van der Waals surface area contributed by atoms with Crippen molar-refractivity contribution < 1.29 is 4.79 Å². The summed E-state index contributed by atoms with van der Waals surface area (Å²) >= 11 is 0. The van der Waals surface area contributed by atoms with E-state index in [0.29, 0.717) is 36.9 Å². The van der Waals surface area contributed by atoms with Crippen LogP contribution in [0.2, 0.25) is 0 Å². The predicted octanol–water partition coefficient (Wildman–Crippen LogP) is 1.06. The Bertz CT molecular complexity index is 291. The topological polar surface area (TPSA) is 49.6 Å². The number of carbonyl (C=O) groups is 1. The number of nitrogens with two attached hydrogens (primary N) is 1. The molecule has 2 heterocycles. The molecule has 3 unspecified atom stereocenters. The Balaban J connectivity index is 1.93. The summed E-state index contributed by atoms with van der Waals surface area (Å²) in [6.45, 7) is 8.12. The number of nitrogens with zero attached hydrogens (tertiary/aromatic N) is 2. The summed E-state index contributed by atoms with van der Waals surface area (Å²) in [5.41, 5.74) is 5.70. The van der Waals surface area contributed by atoms with Crippen molar-refractivity contribution in [2.45, 2.75) is 51.6 Å². The van der Waals surface area contributed by atoms with E-state index < -0.39 is 0 Å². The lowest BCUT2D eigenvalue weighted by atomic mass is 10.00. The number of hydrogen-bond donors (Lipinski definition) is 1. The fourth-order valence-corrected chi connectivity index (χ4v) is 3.29. The Kier molecular flexibility index (Phi) is 4.62. The lowest BCUT2D eigenvalue weighted by Crippen LogP contribution is -2.57. The highest BCUT2D eigenvalue weighted by molar-refractivity contribution is 5.77. The Morgan fingerprint density at radius 2 is 2.22 bits per heavy atom. The van der Waals surface area contributed by atoms with Crippen LogP contribution in [0.1, 0.15) is 39.5 Å². The SMILES string of the molecule is CCC(CN)CC(=O)N1CC2CCCN2CC1C. The maximum Gasteiger partial charge on any atom is 0.223 e. The number of hydrogen-bond acceptors (Lipinski definition) is 3. The van der Waals surface area contributed by atoms with Crippen LogP contribution in [-0.2, 0) is 4.79 Å². The van der Waals surface area contributed by atoms with Gasteiger partial charge in [-0.05, 0) is 38.8 Å². The van der Waals surface area contributed by atoms with Crippen molar-refractivity contribution in [1.29, 1.82) is 0 Å². The quantitative estimate of drug-likeness (QED) is 0.815. The molecule has 2 aliphatic rings. The molecule has 104 valence electrons. The average molecular weight is 253 g/mol. The highest BCUT2D eigenvalue weighted by atomic mass is 16.2. The third-order valence-electron chi connectivity index (χ3n) is 4.63. The van der Waals surface area contributed by atoms with Gasteiger partial charge in [-0.25, -0.2) is 0 Å². The van der Waals surface area contributed by atoms with Gasteiger partial charge < -0.3 is 10.6 Å². The molecular formula is C14H27N3O. The molecule has 18 heavy (non-hydrogen) atoms. The van der Waals surface area contributed by atoms with Crippen LogP contribution in [0.25, 0.3) is 0 Å². The summed E-state index contributed by atoms with van der Waals surface area (Å²) in [6, 6.07) is 0.977. The molecule has 2 fully saturated rings. The fourth-order valence-electron chi connectivity index (χ4n) is 3.29. The molecule has 0 radical (unpaired) electrons. The lowest BCUT2D eigenvalue weighted by Gasteiger charge is -2.42. The maximum absolute atomic E-state index is 12.4. The molecule has 0 bridgehead atoms. The van der Waals surface area contributed by atoms with Crippen molar-refractivity contribution in [3.63, 3.8) is 0 Å². The largest absolute Gasteiger partial charge is 0.337 e. The molecule has 3 atom stereocenters. The molecule has 4 heteroatoms. The van der Waals surface area contributed by atoms with Crippen LogP contribution in [0.4, 0.5) is 0 Å². The van der Waals surface area contributed by atoms with Crippen LogP contribution >= 0.6 is 0 Å². The maximum atomic E-state index is 12.4. The average Bonchev–Trinajstić information content (AvgIpc) is 2.81. The summed E-state index contributed by atoms with van der Waals surface area (Å²) in [5, 5.41) is 0. The van der Waals surface area contributed by atoms with Gasteiger partial charge >= 0.3 is 0 Å². The molecule has 2 saturated heterocycles. The molecule has 0 saturated carbocycles. The van der Waals surface area contributed by atoms with E-state index in [-0.39, 0.29) is 0 Å². The first-order chi connectivity index (χ1) is 8.65. The molecule has 0 aliphatic carbocycles. The minimum atomic E-state index is 0.311. The Hall–Kier alpha value is -0.610. The first-order valence-electron chi connectivity index (χ1n) is 7.39. The molecule has 2 aliphatic heterocycles. The van der Waals surface area contributed by atoms with E-state index in [4.69, 9.17) is 5.73 Å². The number of piperazine rings is 1. The highest BCUT2D eigenvalue weighted by Crippen LogP contribution is 2.25. The number of carbonyl (C=O) groups excluding carboxylic acids is 1.